The highest BCUT2D eigenvalue weighted by Gasteiger charge is 2.33. The Morgan fingerprint density at radius 1 is 1.04 bits per heavy atom. The fraction of sp³-hybridized carbons (Fsp3) is 0.0526. The maximum Gasteiger partial charge on any atom is 0.418 e. The van der Waals surface area contributed by atoms with Gasteiger partial charge in [0.25, 0.3) is 5.91 Å². The quantitative estimate of drug-likeness (QED) is 0.698. The Morgan fingerprint density at radius 2 is 1.82 bits per heavy atom. The number of nitrogens with one attached hydrogen (secondary N) is 2. The lowest BCUT2D eigenvalue weighted by Crippen LogP contribution is -2.14. The maximum absolute atomic E-state index is 13.0. The van der Waals surface area contributed by atoms with Gasteiger partial charge in [0, 0.05) is 5.69 Å². The molecule has 0 bridgehead atoms. The fourth-order valence-electron chi connectivity index (χ4n) is 2.35. The van der Waals surface area contributed by atoms with Gasteiger partial charge in [0.2, 0.25) is 0 Å². The van der Waals surface area contributed by atoms with Crippen molar-refractivity contribution in [3.63, 3.8) is 0 Å². The molecule has 140 valence electrons. The lowest BCUT2D eigenvalue weighted by Gasteiger charge is -2.13. The van der Waals surface area contributed by atoms with Crippen molar-refractivity contribution in [3.05, 3.63) is 77.7 Å². The van der Waals surface area contributed by atoms with Gasteiger partial charge in [0.1, 0.15) is 11.5 Å². The van der Waals surface area contributed by atoms with Crippen LogP contribution in [0.2, 0.25) is 0 Å². The van der Waals surface area contributed by atoms with Gasteiger partial charge in [0.15, 0.2) is 0 Å². The third-order valence-corrected chi connectivity index (χ3v) is 3.63. The molecular formula is C19H12F3N5O. The van der Waals surface area contributed by atoms with Crippen LogP contribution >= 0.6 is 0 Å². The van der Waals surface area contributed by atoms with E-state index in [2.05, 4.69) is 20.6 Å². The minimum atomic E-state index is -4.52. The Labute approximate surface area is 157 Å². The number of nitriles is 1. The zero-order valence-electron chi connectivity index (χ0n) is 14.2. The molecular weight excluding hydrogens is 371 g/mol. The van der Waals surface area contributed by atoms with Gasteiger partial charge in [-0.1, -0.05) is 18.2 Å². The Morgan fingerprint density at radius 3 is 2.50 bits per heavy atom. The molecule has 0 spiro atoms. The van der Waals surface area contributed by atoms with E-state index in [1.165, 1.54) is 24.3 Å². The molecule has 0 aliphatic rings. The zero-order chi connectivity index (χ0) is 20.1. The van der Waals surface area contributed by atoms with Crippen LogP contribution in [-0.2, 0) is 6.18 Å². The standard InChI is InChI=1S/C19H12F3N5O/c20-19(21,22)14-6-1-2-7-15(14)27-17-11-24-16(10-25-17)18(28)26-13-5-3-4-12(8-13)9-23/h1-8,10-11H,(H,25,27)(H,26,28). The SMILES string of the molecule is N#Cc1cccc(NC(=O)c2cnc(Nc3ccccc3C(F)(F)F)cn2)c1. The van der Waals surface area contributed by atoms with Crippen LogP contribution in [0, 0.1) is 11.3 Å². The first-order valence-electron chi connectivity index (χ1n) is 7.93. The average Bonchev–Trinajstić information content (AvgIpc) is 2.68. The number of nitrogens with zero attached hydrogens (tertiary/aromatic N) is 3. The number of amides is 1. The molecule has 9 heteroatoms. The number of halogens is 3. The first-order chi connectivity index (χ1) is 13.4. The van der Waals surface area contributed by atoms with Crippen LogP contribution in [0.5, 0.6) is 0 Å². The highest BCUT2D eigenvalue weighted by atomic mass is 19.4. The van der Waals surface area contributed by atoms with Crippen LogP contribution in [-0.4, -0.2) is 15.9 Å². The average molecular weight is 383 g/mol. The minimum Gasteiger partial charge on any atom is -0.338 e. The largest absolute Gasteiger partial charge is 0.418 e. The van der Waals surface area contributed by atoms with Crippen molar-refractivity contribution in [1.29, 1.82) is 5.26 Å². The molecule has 1 amide bonds. The molecule has 2 aromatic carbocycles. The van der Waals surface area contributed by atoms with Gasteiger partial charge >= 0.3 is 6.18 Å². The first kappa shape index (κ1) is 18.8. The van der Waals surface area contributed by atoms with Crippen molar-refractivity contribution in [2.45, 2.75) is 6.18 Å². The van der Waals surface area contributed by atoms with Gasteiger partial charge in [-0.15, -0.1) is 0 Å². The Hall–Kier alpha value is -3.93. The number of hydrogen-bond acceptors (Lipinski definition) is 5. The van der Waals surface area contributed by atoms with E-state index < -0.39 is 17.6 Å². The van der Waals surface area contributed by atoms with Crippen LogP contribution in [0.1, 0.15) is 21.6 Å². The Bertz CT molecular complexity index is 1040. The lowest BCUT2D eigenvalue weighted by molar-refractivity contribution is -0.136. The fourth-order valence-corrected chi connectivity index (χ4v) is 2.35. The van der Waals surface area contributed by atoms with Crippen LogP contribution in [0.4, 0.5) is 30.4 Å². The molecule has 1 aromatic heterocycles. The Balaban J connectivity index is 1.74. The number of para-hydroxylation sites is 1. The second-order valence-corrected chi connectivity index (χ2v) is 5.60. The number of anilines is 3. The summed E-state index contributed by atoms with van der Waals surface area (Å²) >= 11 is 0. The second-order valence-electron chi connectivity index (χ2n) is 5.60. The van der Waals surface area contributed by atoms with Crippen molar-refractivity contribution < 1.29 is 18.0 Å². The summed E-state index contributed by atoms with van der Waals surface area (Å²) in [6, 6.07) is 13.2. The van der Waals surface area contributed by atoms with E-state index >= 15 is 0 Å². The number of rotatable bonds is 4. The predicted molar refractivity (Wildman–Crippen MR) is 95.9 cm³/mol. The number of carbonyl (C=O) groups excluding carboxylic acids is 1. The van der Waals surface area contributed by atoms with E-state index in [9.17, 15) is 18.0 Å². The summed E-state index contributed by atoms with van der Waals surface area (Å²) in [5.74, 6) is -0.510. The molecule has 0 atom stereocenters. The van der Waals surface area contributed by atoms with Gasteiger partial charge in [-0.3, -0.25) is 4.79 Å². The summed E-state index contributed by atoms with van der Waals surface area (Å²) in [5, 5.41) is 14.0. The first-order valence-corrected chi connectivity index (χ1v) is 7.93. The van der Waals surface area contributed by atoms with E-state index in [1.807, 2.05) is 6.07 Å². The van der Waals surface area contributed by atoms with Crippen LogP contribution in [0.25, 0.3) is 0 Å². The predicted octanol–water partition coefficient (Wildman–Crippen LogP) is 4.36. The van der Waals surface area contributed by atoms with E-state index in [-0.39, 0.29) is 17.2 Å². The lowest BCUT2D eigenvalue weighted by atomic mass is 10.1. The summed E-state index contributed by atoms with van der Waals surface area (Å²) in [6.07, 6.45) is -2.22. The van der Waals surface area contributed by atoms with Crippen molar-refractivity contribution >= 4 is 23.1 Å². The minimum absolute atomic E-state index is 0.0305. The molecule has 3 rings (SSSR count). The molecule has 3 aromatic rings. The van der Waals surface area contributed by atoms with Crippen molar-refractivity contribution in [1.82, 2.24) is 9.97 Å². The van der Waals surface area contributed by atoms with Gasteiger partial charge in [0.05, 0.1) is 35.3 Å². The molecule has 0 unspecified atom stereocenters. The third-order valence-electron chi connectivity index (χ3n) is 3.63. The molecule has 0 saturated carbocycles. The van der Waals surface area contributed by atoms with E-state index in [0.29, 0.717) is 11.3 Å². The normalized spacial score (nSPS) is 10.8. The molecule has 6 nitrogen and oxygen atoms in total. The number of hydrogen-bond donors (Lipinski definition) is 2. The van der Waals surface area contributed by atoms with E-state index in [4.69, 9.17) is 5.26 Å². The maximum atomic E-state index is 13.0. The highest BCUT2D eigenvalue weighted by molar-refractivity contribution is 6.02. The topological polar surface area (TPSA) is 90.7 Å². The number of aromatic nitrogens is 2. The van der Waals surface area contributed by atoms with Crippen molar-refractivity contribution in [2.75, 3.05) is 10.6 Å². The highest BCUT2D eigenvalue weighted by Crippen LogP contribution is 2.35. The number of carbonyl (C=O) groups is 1. The third kappa shape index (κ3) is 4.42. The molecule has 0 aliphatic carbocycles. The monoisotopic (exact) mass is 383 g/mol. The molecule has 0 aliphatic heterocycles. The second kappa shape index (κ2) is 7.75. The van der Waals surface area contributed by atoms with Gasteiger partial charge in [-0.05, 0) is 30.3 Å². The van der Waals surface area contributed by atoms with Gasteiger partial charge in [-0.25, -0.2) is 9.97 Å². The van der Waals surface area contributed by atoms with Crippen molar-refractivity contribution in [2.24, 2.45) is 0 Å². The zero-order valence-corrected chi connectivity index (χ0v) is 14.2. The molecule has 28 heavy (non-hydrogen) atoms. The number of alkyl halides is 3. The van der Waals surface area contributed by atoms with Gasteiger partial charge in [-0.2, -0.15) is 18.4 Å². The van der Waals surface area contributed by atoms with Crippen molar-refractivity contribution in [3.8, 4) is 6.07 Å². The van der Waals surface area contributed by atoms with E-state index in [1.54, 1.807) is 18.2 Å². The summed E-state index contributed by atoms with van der Waals surface area (Å²) in [5.41, 5.74) is -0.248. The molecule has 2 N–H and O–H groups in total. The van der Waals surface area contributed by atoms with Crippen LogP contribution in [0.15, 0.2) is 60.9 Å². The molecule has 0 saturated heterocycles. The smallest absolute Gasteiger partial charge is 0.338 e. The van der Waals surface area contributed by atoms with Gasteiger partial charge < -0.3 is 10.6 Å². The summed E-state index contributed by atoms with van der Waals surface area (Å²) in [6.45, 7) is 0. The summed E-state index contributed by atoms with van der Waals surface area (Å²) in [7, 11) is 0. The summed E-state index contributed by atoms with van der Waals surface area (Å²) < 4.78 is 39.1. The molecule has 1 heterocycles. The summed E-state index contributed by atoms with van der Waals surface area (Å²) in [4.78, 5) is 20.1. The Kier molecular flexibility index (Phi) is 5.22. The number of benzene rings is 2. The van der Waals surface area contributed by atoms with E-state index in [0.717, 1.165) is 18.5 Å². The molecule has 0 fully saturated rings. The van der Waals surface area contributed by atoms with Crippen LogP contribution < -0.4 is 10.6 Å². The van der Waals surface area contributed by atoms with Crippen LogP contribution in [0.3, 0.4) is 0 Å². The molecule has 0 radical (unpaired) electrons.